The first-order valence-corrected chi connectivity index (χ1v) is 7.85. The van der Waals surface area contributed by atoms with Gasteiger partial charge in [0.15, 0.2) is 0 Å². The van der Waals surface area contributed by atoms with Crippen molar-refractivity contribution >= 4 is 23.5 Å². The first-order chi connectivity index (χ1) is 9.34. The summed E-state index contributed by atoms with van der Waals surface area (Å²) < 4.78 is 0. The molecule has 0 aromatic carbocycles. The van der Waals surface area contributed by atoms with Crippen LogP contribution in [0.2, 0.25) is 0 Å². The molecule has 0 atom stereocenters. The zero-order chi connectivity index (χ0) is 13.3. The van der Waals surface area contributed by atoms with Gasteiger partial charge in [-0.05, 0) is 42.8 Å². The average Bonchev–Trinajstić information content (AvgIpc) is 2.85. The molecule has 0 spiro atoms. The number of carbonyl (C=O) groups excluding carboxylic acids is 1. The first kappa shape index (κ1) is 14.2. The van der Waals surface area contributed by atoms with Crippen LogP contribution < -0.4 is 5.43 Å². The smallest absolute Gasteiger partial charge is 0.254 e. The van der Waals surface area contributed by atoms with Crippen molar-refractivity contribution in [3.63, 3.8) is 0 Å². The van der Waals surface area contributed by atoms with Gasteiger partial charge in [-0.1, -0.05) is 19.3 Å². The van der Waals surface area contributed by atoms with E-state index in [0.717, 1.165) is 18.7 Å². The van der Waals surface area contributed by atoms with Crippen molar-refractivity contribution in [2.75, 3.05) is 19.6 Å². The lowest BCUT2D eigenvalue weighted by molar-refractivity contribution is -0.122. The highest BCUT2D eigenvalue weighted by molar-refractivity contribution is 7.08. The largest absolute Gasteiger partial charge is 0.294 e. The summed E-state index contributed by atoms with van der Waals surface area (Å²) in [7, 11) is 0. The molecule has 2 rings (SSSR count). The summed E-state index contributed by atoms with van der Waals surface area (Å²) in [4.78, 5) is 14.0. The summed E-state index contributed by atoms with van der Waals surface area (Å²) >= 11 is 1.62. The molecule has 4 nitrogen and oxygen atoms in total. The highest BCUT2D eigenvalue weighted by Gasteiger charge is 2.11. The van der Waals surface area contributed by atoms with Crippen LogP contribution in [0.1, 0.15) is 37.7 Å². The van der Waals surface area contributed by atoms with E-state index in [4.69, 9.17) is 0 Å². The van der Waals surface area contributed by atoms with Gasteiger partial charge in [-0.2, -0.15) is 16.4 Å². The van der Waals surface area contributed by atoms with Gasteiger partial charge in [0.1, 0.15) is 0 Å². The summed E-state index contributed by atoms with van der Waals surface area (Å²) in [5, 5.41) is 7.96. The molecule has 0 unspecified atom stereocenters. The number of hydrogen-bond donors (Lipinski definition) is 1. The summed E-state index contributed by atoms with van der Waals surface area (Å²) in [6, 6.07) is 1.97. The summed E-state index contributed by atoms with van der Waals surface area (Å²) in [6.07, 6.45) is 7.99. The molecule has 1 aliphatic heterocycles. The van der Waals surface area contributed by atoms with Gasteiger partial charge in [-0.15, -0.1) is 0 Å². The van der Waals surface area contributed by atoms with E-state index in [2.05, 4.69) is 15.4 Å². The van der Waals surface area contributed by atoms with Crippen molar-refractivity contribution in [2.45, 2.75) is 32.1 Å². The van der Waals surface area contributed by atoms with Crippen molar-refractivity contribution in [3.8, 4) is 0 Å². The van der Waals surface area contributed by atoms with E-state index >= 15 is 0 Å². The van der Waals surface area contributed by atoms with Gasteiger partial charge < -0.3 is 0 Å². The second-order valence-corrected chi connectivity index (χ2v) is 5.67. The molecule has 2 heterocycles. The Balaban J connectivity index is 1.70. The lowest BCUT2D eigenvalue weighted by atomic mass is 10.1. The van der Waals surface area contributed by atoms with E-state index in [0.29, 0.717) is 6.54 Å². The minimum atomic E-state index is -0.0212. The highest BCUT2D eigenvalue weighted by atomic mass is 32.1. The first-order valence-electron chi connectivity index (χ1n) is 6.91. The molecule has 0 saturated carbocycles. The Morgan fingerprint density at radius 3 is 2.74 bits per heavy atom. The van der Waals surface area contributed by atoms with E-state index in [1.54, 1.807) is 17.6 Å². The number of hydrogen-bond acceptors (Lipinski definition) is 4. The van der Waals surface area contributed by atoms with E-state index in [1.807, 2.05) is 16.8 Å². The van der Waals surface area contributed by atoms with E-state index in [-0.39, 0.29) is 5.91 Å². The maximum absolute atomic E-state index is 11.8. The Morgan fingerprint density at radius 1 is 1.32 bits per heavy atom. The lowest BCUT2D eigenvalue weighted by Gasteiger charge is -2.23. The fraction of sp³-hybridized carbons (Fsp3) is 0.571. The van der Waals surface area contributed by atoms with Gasteiger partial charge in [0.05, 0.1) is 12.8 Å². The van der Waals surface area contributed by atoms with Gasteiger partial charge in [-0.25, -0.2) is 5.43 Å². The zero-order valence-corrected chi connectivity index (χ0v) is 12.0. The summed E-state index contributed by atoms with van der Waals surface area (Å²) in [5.74, 6) is -0.0212. The monoisotopic (exact) mass is 279 g/mol. The molecule has 1 aromatic rings. The molecule has 1 aliphatic rings. The Labute approximate surface area is 118 Å². The molecule has 1 amide bonds. The maximum atomic E-state index is 11.8. The number of rotatable bonds is 4. The predicted octanol–water partition coefficient (Wildman–Crippen LogP) is 2.46. The predicted molar refractivity (Wildman–Crippen MR) is 79.6 cm³/mol. The molecule has 1 aromatic heterocycles. The Bertz CT molecular complexity index is 395. The third kappa shape index (κ3) is 5.53. The van der Waals surface area contributed by atoms with Crippen LogP contribution in [0, 0.1) is 0 Å². The molecule has 5 heteroatoms. The van der Waals surface area contributed by atoms with Crippen LogP contribution in [0.5, 0.6) is 0 Å². The third-order valence-corrected chi connectivity index (χ3v) is 3.96. The minimum absolute atomic E-state index is 0.0212. The molecule has 0 radical (unpaired) electrons. The fourth-order valence-corrected chi connectivity index (χ4v) is 2.85. The molecule has 19 heavy (non-hydrogen) atoms. The van der Waals surface area contributed by atoms with Gasteiger partial charge in [-0.3, -0.25) is 9.69 Å². The normalized spacial score (nSPS) is 18.1. The van der Waals surface area contributed by atoms with Crippen molar-refractivity contribution in [3.05, 3.63) is 22.4 Å². The molecule has 0 aliphatic carbocycles. The number of hydrazone groups is 1. The van der Waals surface area contributed by atoms with Crippen molar-refractivity contribution < 1.29 is 4.79 Å². The maximum Gasteiger partial charge on any atom is 0.254 e. The quantitative estimate of drug-likeness (QED) is 0.680. The topological polar surface area (TPSA) is 44.7 Å². The summed E-state index contributed by atoms with van der Waals surface area (Å²) in [5.41, 5.74) is 3.62. The van der Waals surface area contributed by atoms with Crippen LogP contribution in [0.4, 0.5) is 0 Å². The Hall–Kier alpha value is -1.20. The van der Waals surface area contributed by atoms with Crippen LogP contribution in [-0.2, 0) is 4.79 Å². The van der Waals surface area contributed by atoms with E-state index < -0.39 is 0 Å². The van der Waals surface area contributed by atoms with Gasteiger partial charge in [0.2, 0.25) is 0 Å². The van der Waals surface area contributed by atoms with Crippen LogP contribution >= 0.6 is 11.3 Å². The molecule has 1 N–H and O–H groups in total. The van der Waals surface area contributed by atoms with Gasteiger partial charge in [0, 0.05) is 5.56 Å². The molecule has 1 saturated heterocycles. The van der Waals surface area contributed by atoms with E-state index in [9.17, 15) is 4.79 Å². The number of thiophene rings is 1. The van der Waals surface area contributed by atoms with Gasteiger partial charge in [0.25, 0.3) is 5.91 Å². The van der Waals surface area contributed by atoms with Crippen molar-refractivity contribution in [1.29, 1.82) is 0 Å². The van der Waals surface area contributed by atoms with Crippen molar-refractivity contribution in [2.24, 2.45) is 5.10 Å². The lowest BCUT2D eigenvalue weighted by Crippen LogP contribution is -2.37. The molecule has 0 bridgehead atoms. The summed E-state index contributed by atoms with van der Waals surface area (Å²) in [6.45, 7) is 2.52. The number of nitrogens with one attached hydrogen (secondary N) is 1. The third-order valence-electron chi connectivity index (χ3n) is 3.26. The highest BCUT2D eigenvalue weighted by Crippen LogP contribution is 2.09. The van der Waals surface area contributed by atoms with E-state index in [1.165, 1.54) is 32.1 Å². The molecular weight excluding hydrogens is 258 g/mol. The number of amides is 1. The van der Waals surface area contributed by atoms with Crippen molar-refractivity contribution in [1.82, 2.24) is 10.3 Å². The zero-order valence-electron chi connectivity index (χ0n) is 11.2. The average molecular weight is 279 g/mol. The Morgan fingerprint density at radius 2 is 2.05 bits per heavy atom. The molecule has 1 fully saturated rings. The molecule has 104 valence electrons. The van der Waals surface area contributed by atoms with Gasteiger partial charge >= 0.3 is 0 Å². The molecular formula is C14H21N3OS. The fourth-order valence-electron chi connectivity index (χ4n) is 2.24. The van der Waals surface area contributed by atoms with Crippen LogP contribution in [0.25, 0.3) is 0 Å². The number of carbonyl (C=O) groups is 1. The standard InChI is InChI=1S/C14H21N3OS/c18-14(16-15-10-13-6-9-19-12-13)11-17-7-4-2-1-3-5-8-17/h6,9-10,12H,1-5,7-8,11H2,(H,16,18)/b15-10+. The minimum Gasteiger partial charge on any atom is -0.294 e. The van der Waals surface area contributed by atoms with Crippen LogP contribution in [0.3, 0.4) is 0 Å². The number of nitrogens with zero attached hydrogens (tertiary/aromatic N) is 2. The van der Waals surface area contributed by atoms with Crippen LogP contribution in [-0.4, -0.2) is 36.7 Å². The SMILES string of the molecule is O=C(CN1CCCCCCC1)N/N=C/c1ccsc1. The van der Waals surface area contributed by atoms with Crippen LogP contribution in [0.15, 0.2) is 21.9 Å². The Kier molecular flexibility index (Phi) is 6.04. The second kappa shape index (κ2) is 8.07. The number of likely N-dealkylation sites (tertiary alicyclic amines) is 1. The second-order valence-electron chi connectivity index (χ2n) is 4.89.